The van der Waals surface area contributed by atoms with Gasteiger partial charge in [-0.15, -0.1) is 0 Å². The van der Waals surface area contributed by atoms with E-state index in [1.807, 2.05) is 0 Å². The van der Waals surface area contributed by atoms with E-state index in [0.717, 1.165) is 0 Å². The number of aromatic nitrogens is 1. The molecule has 51 valence electrons. The Morgan fingerprint density at radius 2 is 2.00 bits per heavy atom. The van der Waals surface area contributed by atoms with Gasteiger partial charge in [-0.3, -0.25) is 0 Å². The van der Waals surface area contributed by atoms with Gasteiger partial charge in [0.15, 0.2) is 0 Å². The Bertz CT molecular complexity index is 171. The normalized spacial score (nSPS) is 8.22. The van der Waals surface area contributed by atoms with E-state index in [2.05, 4.69) is 4.98 Å². The summed E-state index contributed by atoms with van der Waals surface area (Å²) in [6.07, 6.45) is 1.59. The van der Waals surface area contributed by atoms with Gasteiger partial charge in [0.2, 0.25) is 0 Å². The standard InChI is InChI=1S/C5H3Cl2N.Co/c6-4-2-1-3-8-5(4)7;/h1-3H;. The van der Waals surface area contributed by atoms with Crippen LogP contribution in [0.5, 0.6) is 0 Å². The van der Waals surface area contributed by atoms with Gasteiger partial charge in [-0.1, -0.05) is 23.2 Å². The SMILES string of the molecule is Clc1cccnc1Cl.[Co]. The van der Waals surface area contributed by atoms with Crippen LogP contribution in [0, 0.1) is 0 Å². The first-order valence-corrected chi connectivity index (χ1v) is 2.82. The predicted octanol–water partition coefficient (Wildman–Crippen LogP) is 2.39. The average Bonchev–Trinajstić information content (AvgIpc) is 1.77. The number of hydrogen-bond acceptors (Lipinski definition) is 1. The molecule has 0 spiro atoms. The first-order chi connectivity index (χ1) is 3.80. The van der Waals surface area contributed by atoms with Crippen LogP contribution in [-0.2, 0) is 16.8 Å². The fourth-order valence-electron chi connectivity index (χ4n) is 0.366. The third-order valence-corrected chi connectivity index (χ3v) is 1.42. The van der Waals surface area contributed by atoms with Crippen LogP contribution in [0.1, 0.15) is 0 Å². The van der Waals surface area contributed by atoms with Crippen molar-refractivity contribution in [3.63, 3.8) is 0 Å². The molecule has 0 aromatic carbocycles. The number of nitrogens with zero attached hydrogens (tertiary/aromatic N) is 1. The van der Waals surface area contributed by atoms with E-state index in [-0.39, 0.29) is 16.8 Å². The van der Waals surface area contributed by atoms with Gasteiger partial charge in [-0.2, -0.15) is 0 Å². The van der Waals surface area contributed by atoms with Crippen LogP contribution in [0.2, 0.25) is 10.2 Å². The molecule has 0 aliphatic carbocycles. The second-order valence-electron chi connectivity index (χ2n) is 1.28. The van der Waals surface area contributed by atoms with Gasteiger partial charge in [0.1, 0.15) is 5.15 Å². The van der Waals surface area contributed by atoms with E-state index in [0.29, 0.717) is 10.2 Å². The van der Waals surface area contributed by atoms with Gasteiger partial charge in [0.25, 0.3) is 0 Å². The molecule has 4 heteroatoms. The average molecular weight is 207 g/mol. The maximum absolute atomic E-state index is 5.51. The van der Waals surface area contributed by atoms with Crippen molar-refractivity contribution in [2.45, 2.75) is 0 Å². The van der Waals surface area contributed by atoms with Crippen molar-refractivity contribution in [2.24, 2.45) is 0 Å². The topological polar surface area (TPSA) is 12.9 Å². The molecule has 1 rings (SSSR count). The molecule has 0 saturated heterocycles. The Hall–Kier alpha value is 0.236. The molecule has 0 unspecified atom stereocenters. The largest absolute Gasteiger partial charge is 0.243 e. The molecule has 0 bridgehead atoms. The Balaban J connectivity index is 0.000000640. The van der Waals surface area contributed by atoms with Crippen LogP contribution in [0.4, 0.5) is 0 Å². The van der Waals surface area contributed by atoms with Gasteiger partial charge in [-0.25, -0.2) is 4.98 Å². The van der Waals surface area contributed by atoms with Gasteiger partial charge < -0.3 is 0 Å². The van der Waals surface area contributed by atoms with Crippen molar-refractivity contribution in [3.8, 4) is 0 Å². The summed E-state index contributed by atoms with van der Waals surface area (Å²) in [6, 6.07) is 3.42. The number of halogens is 2. The molecule has 1 aromatic rings. The molecular formula is C5H3Cl2CoN. The molecule has 1 nitrogen and oxygen atoms in total. The number of hydrogen-bond donors (Lipinski definition) is 0. The van der Waals surface area contributed by atoms with Gasteiger partial charge in [0.05, 0.1) is 5.02 Å². The zero-order valence-corrected chi connectivity index (χ0v) is 6.82. The molecule has 1 heterocycles. The van der Waals surface area contributed by atoms with Crippen molar-refractivity contribution in [3.05, 3.63) is 28.5 Å². The molecule has 1 radical (unpaired) electrons. The quantitative estimate of drug-likeness (QED) is 0.595. The number of pyridine rings is 1. The first kappa shape index (κ1) is 9.24. The summed E-state index contributed by atoms with van der Waals surface area (Å²) in [4.78, 5) is 3.71. The van der Waals surface area contributed by atoms with Crippen LogP contribution in [0.25, 0.3) is 0 Å². The van der Waals surface area contributed by atoms with E-state index < -0.39 is 0 Å². The Kier molecular flexibility index (Phi) is 4.22. The minimum absolute atomic E-state index is 0. The summed E-state index contributed by atoms with van der Waals surface area (Å²) >= 11 is 11.0. The summed E-state index contributed by atoms with van der Waals surface area (Å²) in [5, 5.41) is 0.850. The third kappa shape index (κ3) is 2.54. The Morgan fingerprint density at radius 1 is 1.33 bits per heavy atom. The molecule has 0 atom stereocenters. The van der Waals surface area contributed by atoms with Crippen molar-refractivity contribution in [1.82, 2.24) is 4.98 Å². The van der Waals surface area contributed by atoms with Crippen molar-refractivity contribution >= 4 is 23.2 Å². The zero-order valence-electron chi connectivity index (χ0n) is 4.27. The molecule has 0 fully saturated rings. The van der Waals surface area contributed by atoms with E-state index in [9.17, 15) is 0 Å². The summed E-state index contributed by atoms with van der Waals surface area (Å²) < 4.78 is 0. The van der Waals surface area contributed by atoms with Crippen molar-refractivity contribution in [2.75, 3.05) is 0 Å². The van der Waals surface area contributed by atoms with Crippen molar-refractivity contribution < 1.29 is 16.8 Å². The molecule has 0 amide bonds. The minimum atomic E-state index is 0. The van der Waals surface area contributed by atoms with E-state index in [4.69, 9.17) is 23.2 Å². The molecule has 1 aromatic heterocycles. The summed E-state index contributed by atoms with van der Waals surface area (Å²) in [5.74, 6) is 0. The van der Waals surface area contributed by atoms with Crippen LogP contribution < -0.4 is 0 Å². The third-order valence-electron chi connectivity index (χ3n) is 0.714. The predicted molar refractivity (Wildman–Crippen MR) is 34.3 cm³/mol. The summed E-state index contributed by atoms with van der Waals surface area (Å²) in [5.41, 5.74) is 0. The fourth-order valence-corrected chi connectivity index (χ4v) is 0.607. The van der Waals surface area contributed by atoms with Crippen LogP contribution in [0.15, 0.2) is 18.3 Å². The zero-order chi connectivity index (χ0) is 5.98. The van der Waals surface area contributed by atoms with Gasteiger partial charge in [0, 0.05) is 23.0 Å². The Morgan fingerprint density at radius 3 is 2.33 bits per heavy atom. The Labute approximate surface area is 73.6 Å². The fraction of sp³-hybridized carbons (Fsp3) is 0. The van der Waals surface area contributed by atoms with Gasteiger partial charge in [-0.05, 0) is 12.1 Å². The van der Waals surface area contributed by atoms with Gasteiger partial charge >= 0.3 is 0 Å². The second kappa shape index (κ2) is 4.12. The summed E-state index contributed by atoms with van der Waals surface area (Å²) in [6.45, 7) is 0. The van der Waals surface area contributed by atoms with Crippen LogP contribution in [0.3, 0.4) is 0 Å². The number of rotatable bonds is 0. The first-order valence-electron chi connectivity index (χ1n) is 2.07. The van der Waals surface area contributed by atoms with Crippen LogP contribution in [-0.4, -0.2) is 4.98 Å². The van der Waals surface area contributed by atoms with Crippen LogP contribution >= 0.6 is 23.2 Å². The molecule has 0 N–H and O–H groups in total. The molecule has 0 aliphatic rings. The maximum atomic E-state index is 5.51. The monoisotopic (exact) mass is 206 g/mol. The maximum Gasteiger partial charge on any atom is 0.147 e. The summed E-state index contributed by atoms with van der Waals surface area (Å²) in [7, 11) is 0. The van der Waals surface area contributed by atoms with E-state index >= 15 is 0 Å². The van der Waals surface area contributed by atoms with Crippen molar-refractivity contribution in [1.29, 1.82) is 0 Å². The van der Waals surface area contributed by atoms with E-state index in [1.54, 1.807) is 18.3 Å². The molecule has 0 saturated carbocycles. The second-order valence-corrected chi connectivity index (χ2v) is 2.04. The minimum Gasteiger partial charge on any atom is -0.243 e. The smallest absolute Gasteiger partial charge is 0.147 e. The molecular weight excluding hydrogens is 204 g/mol. The molecule has 9 heavy (non-hydrogen) atoms. The van der Waals surface area contributed by atoms with E-state index in [1.165, 1.54) is 0 Å². The molecule has 0 aliphatic heterocycles.